The van der Waals surface area contributed by atoms with Crippen LogP contribution in [0, 0.1) is 0 Å². The molecule has 2 amide bonds. The number of rotatable bonds is 7. The van der Waals surface area contributed by atoms with Crippen molar-refractivity contribution in [2.45, 2.75) is 5.16 Å². The van der Waals surface area contributed by atoms with Crippen LogP contribution >= 0.6 is 11.8 Å². The molecule has 1 heterocycles. The van der Waals surface area contributed by atoms with Gasteiger partial charge in [0.25, 0.3) is 5.91 Å². The van der Waals surface area contributed by atoms with E-state index in [1.807, 2.05) is 0 Å². The fourth-order valence-corrected chi connectivity index (χ4v) is 2.76. The van der Waals surface area contributed by atoms with Crippen LogP contribution in [0.25, 0.3) is 0 Å². The number of thioether (sulfide) groups is 1. The van der Waals surface area contributed by atoms with Crippen molar-refractivity contribution in [3.63, 3.8) is 0 Å². The van der Waals surface area contributed by atoms with E-state index in [0.717, 1.165) is 5.75 Å². The highest BCUT2D eigenvalue weighted by atomic mass is 32.2. The fraction of sp³-hybridized carbons (Fsp3) is 0.111. The van der Waals surface area contributed by atoms with Gasteiger partial charge in [-0.2, -0.15) is 5.10 Å². The quantitative estimate of drug-likeness (QED) is 0.541. The van der Waals surface area contributed by atoms with Gasteiger partial charge in [0.15, 0.2) is 5.16 Å². The first-order chi connectivity index (χ1) is 13.1. The number of benzene rings is 2. The summed E-state index contributed by atoms with van der Waals surface area (Å²) in [6.07, 6.45) is 1.38. The van der Waals surface area contributed by atoms with Gasteiger partial charge in [0.1, 0.15) is 12.1 Å². The van der Waals surface area contributed by atoms with Gasteiger partial charge in [0, 0.05) is 16.9 Å². The molecule has 0 bridgehead atoms. The van der Waals surface area contributed by atoms with Crippen molar-refractivity contribution in [3.8, 4) is 5.75 Å². The van der Waals surface area contributed by atoms with E-state index in [1.165, 1.54) is 18.1 Å². The van der Waals surface area contributed by atoms with Crippen molar-refractivity contribution in [2.75, 3.05) is 23.5 Å². The van der Waals surface area contributed by atoms with E-state index >= 15 is 0 Å². The Labute approximate surface area is 159 Å². The second-order valence-electron chi connectivity index (χ2n) is 5.39. The topological polar surface area (TPSA) is 109 Å². The molecule has 0 saturated heterocycles. The lowest BCUT2D eigenvalue weighted by Crippen LogP contribution is -2.15. The van der Waals surface area contributed by atoms with Crippen molar-refractivity contribution >= 4 is 35.0 Å². The third-order valence-electron chi connectivity index (χ3n) is 3.51. The van der Waals surface area contributed by atoms with Crippen LogP contribution in [0.5, 0.6) is 5.75 Å². The Morgan fingerprint density at radius 3 is 2.33 bits per heavy atom. The van der Waals surface area contributed by atoms with E-state index in [-0.39, 0.29) is 17.6 Å². The Morgan fingerprint density at radius 1 is 1.04 bits per heavy atom. The molecule has 0 spiro atoms. The number of H-pyrrole nitrogens is 1. The molecular weight excluding hydrogens is 366 g/mol. The molecule has 0 unspecified atom stereocenters. The summed E-state index contributed by atoms with van der Waals surface area (Å²) >= 11 is 1.25. The highest BCUT2D eigenvalue weighted by Crippen LogP contribution is 2.17. The van der Waals surface area contributed by atoms with Crippen molar-refractivity contribution in [3.05, 3.63) is 60.4 Å². The molecular formula is C18H17N5O3S. The predicted octanol–water partition coefficient (Wildman–Crippen LogP) is 2.80. The highest BCUT2D eigenvalue weighted by molar-refractivity contribution is 7.99. The van der Waals surface area contributed by atoms with E-state index in [9.17, 15) is 9.59 Å². The lowest BCUT2D eigenvalue weighted by molar-refractivity contribution is -0.113. The number of hydrogen-bond acceptors (Lipinski definition) is 6. The number of aromatic nitrogens is 3. The van der Waals surface area contributed by atoms with Crippen LogP contribution in [0.2, 0.25) is 0 Å². The maximum absolute atomic E-state index is 12.3. The summed E-state index contributed by atoms with van der Waals surface area (Å²) in [7, 11) is 1.58. The summed E-state index contributed by atoms with van der Waals surface area (Å²) in [5, 5.41) is 12.5. The first kappa shape index (κ1) is 18.5. The molecule has 0 aliphatic carbocycles. The highest BCUT2D eigenvalue weighted by Gasteiger charge is 2.08. The minimum atomic E-state index is -0.237. The normalized spacial score (nSPS) is 10.3. The molecule has 2 aromatic carbocycles. The molecule has 138 valence electrons. The van der Waals surface area contributed by atoms with E-state index in [0.29, 0.717) is 22.1 Å². The molecule has 0 atom stereocenters. The average molecular weight is 383 g/mol. The zero-order chi connectivity index (χ0) is 19.1. The minimum absolute atomic E-state index is 0.174. The van der Waals surface area contributed by atoms with Gasteiger partial charge in [-0.3, -0.25) is 14.7 Å². The van der Waals surface area contributed by atoms with Crippen molar-refractivity contribution < 1.29 is 14.3 Å². The third-order valence-corrected chi connectivity index (χ3v) is 4.39. The molecule has 0 aliphatic heterocycles. The fourth-order valence-electron chi connectivity index (χ4n) is 2.18. The number of ether oxygens (including phenoxy) is 1. The molecule has 0 fully saturated rings. The number of methoxy groups -OCH3 is 1. The molecule has 0 aliphatic rings. The van der Waals surface area contributed by atoms with Crippen LogP contribution in [-0.4, -0.2) is 39.9 Å². The van der Waals surface area contributed by atoms with Gasteiger partial charge in [-0.05, 0) is 48.5 Å². The Kier molecular flexibility index (Phi) is 6.06. The molecule has 3 N–H and O–H groups in total. The standard InChI is InChI=1S/C18H17N5O3S/c1-26-15-8-6-14(7-9-15)22-17(25)12-2-4-13(5-3-12)21-16(24)10-27-18-19-11-20-23-18/h2-9,11H,10H2,1H3,(H,21,24)(H,22,25)(H,19,20,23). The van der Waals surface area contributed by atoms with Gasteiger partial charge in [-0.15, -0.1) is 0 Å². The third kappa shape index (κ3) is 5.32. The van der Waals surface area contributed by atoms with E-state index < -0.39 is 0 Å². The predicted molar refractivity (Wildman–Crippen MR) is 103 cm³/mol. The number of carbonyl (C=O) groups excluding carboxylic acids is 2. The van der Waals surface area contributed by atoms with Gasteiger partial charge in [0.05, 0.1) is 12.9 Å². The lowest BCUT2D eigenvalue weighted by Gasteiger charge is -2.08. The van der Waals surface area contributed by atoms with Crippen LogP contribution in [0.15, 0.2) is 60.0 Å². The summed E-state index contributed by atoms with van der Waals surface area (Å²) in [5.74, 6) is 0.509. The summed E-state index contributed by atoms with van der Waals surface area (Å²) in [6.45, 7) is 0. The van der Waals surface area contributed by atoms with Gasteiger partial charge in [-0.25, -0.2) is 4.98 Å². The van der Waals surface area contributed by atoms with Crippen LogP contribution < -0.4 is 15.4 Å². The molecule has 1 aromatic heterocycles. The molecule has 3 rings (SSSR count). The number of nitrogens with zero attached hydrogens (tertiary/aromatic N) is 2. The van der Waals surface area contributed by atoms with Crippen molar-refractivity contribution in [1.29, 1.82) is 0 Å². The number of aromatic amines is 1. The van der Waals surface area contributed by atoms with Crippen LogP contribution in [0.3, 0.4) is 0 Å². The summed E-state index contributed by atoms with van der Waals surface area (Å²) in [6, 6.07) is 13.7. The summed E-state index contributed by atoms with van der Waals surface area (Å²) in [4.78, 5) is 28.2. The molecule has 0 saturated carbocycles. The monoisotopic (exact) mass is 383 g/mol. The first-order valence-electron chi connectivity index (χ1n) is 7.97. The number of anilines is 2. The number of amides is 2. The Morgan fingerprint density at radius 2 is 1.70 bits per heavy atom. The molecule has 27 heavy (non-hydrogen) atoms. The molecule has 3 aromatic rings. The smallest absolute Gasteiger partial charge is 0.255 e. The number of hydrogen-bond donors (Lipinski definition) is 3. The molecule has 0 radical (unpaired) electrons. The van der Waals surface area contributed by atoms with E-state index in [2.05, 4.69) is 25.8 Å². The lowest BCUT2D eigenvalue weighted by atomic mass is 10.2. The second kappa shape index (κ2) is 8.86. The van der Waals surface area contributed by atoms with Gasteiger partial charge < -0.3 is 15.4 Å². The maximum atomic E-state index is 12.3. The van der Waals surface area contributed by atoms with Crippen molar-refractivity contribution in [2.24, 2.45) is 0 Å². The Bertz CT molecular complexity index is 896. The summed E-state index contributed by atoms with van der Waals surface area (Å²) in [5.41, 5.74) is 1.77. The minimum Gasteiger partial charge on any atom is -0.497 e. The van der Waals surface area contributed by atoms with Crippen molar-refractivity contribution in [1.82, 2.24) is 15.2 Å². The Hall–Kier alpha value is -3.33. The largest absolute Gasteiger partial charge is 0.497 e. The molecule has 8 nitrogen and oxygen atoms in total. The van der Waals surface area contributed by atoms with Gasteiger partial charge in [-0.1, -0.05) is 11.8 Å². The zero-order valence-corrected chi connectivity index (χ0v) is 15.2. The SMILES string of the molecule is COc1ccc(NC(=O)c2ccc(NC(=O)CSc3ncn[nH]3)cc2)cc1. The Balaban J connectivity index is 1.52. The number of carbonyl (C=O) groups is 2. The maximum Gasteiger partial charge on any atom is 0.255 e. The van der Waals surface area contributed by atoms with E-state index in [1.54, 1.807) is 55.6 Å². The van der Waals surface area contributed by atoms with Crippen LogP contribution in [0.1, 0.15) is 10.4 Å². The second-order valence-corrected chi connectivity index (χ2v) is 6.35. The van der Waals surface area contributed by atoms with E-state index in [4.69, 9.17) is 4.74 Å². The van der Waals surface area contributed by atoms with Gasteiger partial charge in [0.2, 0.25) is 5.91 Å². The average Bonchev–Trinajstić information content (AvgIpc) is 3.21. The summed E-state index contributed by atoms with van der Waals surface area (Å²) < 4.78 is 5.08. The van der Waals surface area contributed by atoms with Crippen LogP contribution in [-0.2, 0) is 4.79 Å². The first-order valence-corrected chi connectivity index (χ1v) is 8.96. The number of nitrogens with one attached hydrogen (secondary N) is 3. The van der Waals surface area contributed by atoms with Gasteiger partial charge >= 0.3 is 0 Å². The molecule has 9 heteroatoms. The zero-order valence-electron chi connectivity index (χ0n) is 14.4. The van der Waals surface area contributed by atoms with Crippen LogP contribution in [0.4, 0.5) is 11.4 Å².